The molecule has 0 saturated carbocycles. The third-order valence-electron chi connectivity index (χ3n) is 2.10. The van der Waals surface area contributed by atoms with Crippen molar-refractivity contribution >= 4 is 17.2 Å². The van der Waals surface area contributed by atoms with Gasteiger partial charge in [-0.05, 0) is 6.07 Å². The van der Waals surface area contributed by atoms with Crippen LogP contribution in [-0.4, -0.2) is 12.1 Å². The predicted octanol–water partition coefficient (Wildman–Crippen LogP) is 2.32. The number of nitrogens with two attached hydrogens (primary N) is 1. The summed E-state index contributed by atoms with van der Waals surface area (Å²) in [5, 5.41) is 2.86. The molecule has 2 N–H and O–H groups in total. The lowest BCUT2D eigenvalue weighted by Gasteiger charge is -2.05. The van der Waals surface area contributed by atoms with Crippen molar-refractivity contribution in [1.82, 2.24) is 4.98 Å². The molecule has 0 aliphatic heterocycles. The maximum atomic E-state index is 5.57. The van der Waals surface area contributed by atoms with E-state index in [0.29, 0.717) is 5.82 Å². The Morgan fingerprint density at radius 2 is 2.20 bits per heavy atom. The van der Waals surface area contributed by atoms with E-state index in [0.717, 1.165) is 22.7 Å². The van der Waals surface area contributed by atoms with Gasteiger partial charge >= 0.3 is 0 Å². The van der Waals surface area contributed by atoms with Crippen molar-refractivity contribution in [2.24, 2.45) is 0 Å². The summed E-state index contributed by atoms with van der Waals surface area (Å²) in [6.07, 6.45) is 0.770. The van der Waals surface area contributed by atoms with E-state index in [4.69, 9.17) is 10.5 Å². The first-order valence-corrected chi connectivity index (χ1v) is 5.49. The minimum Gasteiger partial charge on any atom is -0.496 e. The highest BCUT2D eigenvalue weighted by molar-refractivity contribution is 7.10. The SMILES string of the molecule is COc1ccccc1Cc1nc(N)cs1. The molecular formula is C11H12N2OS. The lowest BCUT2D eigenvalue weighted by atomic mass is 10.1. The molecule has 0 amide bonds. The van der Waals surface area contributed by atoms with Gasteiger partial charge in [0.15, 0.2) is 0 Å². The first-order chi connectivity index (χ1) is 7.29. The number of hydrogen-bond acceptors (Lipinski definition) is 4. The fraction of sp³-hybridized carbons (Fsp3) is 0.182. The Bertz CT molecular complexity index is 453. The molecule has 15 heavy (non-hydrogen) atoms. The molecule has 0 bridgehead atoms. The molecule has 3 nitrogen and oxygen atoms in total. The maximum Gasteiger partial charge on any atom is 0.134 e. The Kier molecular flexibility index (Phi) is 2.87. The molecule has 2 aromatic rings. The summed E-state index contributed by atoms with van der Waals surface area (Å²) in [6, 6.07) is 7.94. The first kappa shape index (κ1) is 9.98. The van der Waals surface area contributed by atoms with Crippen LogP contribution in [0, 0.1) is 0 Å². The molecular weight excluding hydrogens is 208 g/mol. The molecule has 0 unspecified atom stereocenters. The fourth-order valence-corrected chi connectivity index (χ4v) is 2.12. The molecule has 4 heteroatoms. The predicted molar refractivity (Wildman–Crippen MR) is 62.3 cm³/mol. The van der Waals surface area contributed by atoms with Crippen molar-refractivity contribution in [2.45, 2.75) is 6.42 Å². The minimum absolute atomic E-state index is 0.588. The molecule has 0 atom stereocenters. The van der Waals surface area contributed by atoms with E-state index in [1.165, 1.54) is 0 Å². The van der Waals surface area contributed by atoms with E-state index >= 15 is 0 Å². The van der Waals surface area contributed by atoms with Crippen LogP contribution in [0.1, 0.15) is 10.6 Å². The molecule has 0 saturated heterocycles. The highest BCUT2D eigenvalue weighted by Crippen LogP contribution is 2.22. The van der Waals surface area contributed by atoms with Crippen molar-refractivity contribution in [2.75, 3.05) is 12.8 Å². The highest BCUT2D eigenvalue weighted by Gasteiger charge is 2.05. The molecule has 1 aromatic carbocycles. The van der Waals surface area contributed by atoms with Crippen molar-refractivity contribution in [3.63, 3.8) is 0 Å². The van der Waals surface area contributed by atoms with E-state index in [1.54, 1.807) is 18.4 Å². The average Bonchev–Trinajstić information content (AvgIpc) is 2.65. The minimum atomic E-state index is 0.588. The normalized spacial score (nSPS) is 10.2. The number of thiazole rings is 1. The van der Waals surface area contributed by atoms with E-state index in [9.17, 15) is 0 Å². The van der Waals surface area contributed by atoms with Crippen LogP contribution in [0.2, 0.25) is 0 Å². The van der Waals surface area contributed by atoms with Crippen LogP contribution in [0.4, 0.5) is 5.82 Å². The van der Waals surface area contributed by atoms with Gasteiger partial charge < -0.3 is 10.5 Å². The van der Waals surface area contributed by atoms with Crippen molar-refractivity contribution in [3.8, 4) is 5.75 Å². The molecule has 0 radical (unpaired) electrons. The second-order valence-corrected chi connectivity index (χ2v) is 4.10. The van der Waals surface area contributed by atoms with Gasteiger partial charge in [0.05, 0.1) is 12.1 Å². The van der Waals surface area contributed by atoms with Crippen LogP contribution in [0.3, 0.4) is 0 Å². The zero-order chi connectivity index (χ0) is 10.7. The molecule has 0 aliphatic carbocycles. The van der Waals surface area contributed by atoms with E-state index < -0.39 is 0 Å². The zero-order valence-corrected chi connectivity index (χ0v) is 9.25. The summed E-state index contributed by atoms with van der Waals surface area (Å²) in [6.45, 7) is 0. The zero-order valence-electron chi connectivity index (χ0n) is 8.43. The van der Waals surface area contributed by atoms with Gasteiger partial charge in [-0.25, -0.2) is 4.98 Å². The molecule has 78 valence electrons. The number of methoxy groups -OCH3 is 1. The van der Waals surface area contributed by atoms with Gasteiger partial charge in [0.2, 0.25) is 0 Å². The third-order valence-corrected chi connectivity index (χ3v) is 2.97. The number of benzene rings is 1. The third kappa shape index (κ3) is 2.27. The fourth-order valence-electron chi connectivity index (χ4n) is 1.42. The van der Waals surface area contributed by atoms with Crippen LogP contribution in [0.25, 0.3) is 0 Å². The van der Waals surface area contributed by atoms with Gasteiger partial charge in [-0.1, -0.05) is 18.2 Å². The molecule has 2 rings (SSSR count). The topological polar surface area (TPSA) is 48.1 Å². The smallest absolute Gasteiger partial charge is 0.134 e. The standard InChI is InChI=1S/C11H12N2OS/c1-14-9-5-3-2-4-8(9)6-11-13-10(12)7-15-11/h2-5,7H,6,12H2,1H3. The van der Waals surface area contributed by atoms with Gasteiger partial charge in [-0.15, -0.1) is 11.3 Å². The summed E-state index contributed by atoms with van der Waals surface area (Å²) in [5.41, 5.74) is 6.70. The Morgan fingerprint density at radius 1 is 1.40 bits per heavy atom. The first-order valence-electron chi connectivity index (χ1n) is 4.61. The van der Waals surface area contributed by atoms with Gasteiger partial charge in [-0.2, -0.15) is 0 Å². The number of ether oxygens (including phenoxy) is 1. The summed E-state index contributed by atoms with van der Waals surface area (Å²) in [7, 11) is 1.68. The van der Waals surface area contributed by atoms with Crippen molar-refractivity contribution in [1.29, 1.82) is 0 Å². The Labute approximate surface area is 92.5 Å². The number of aromatic nitrogens is 1. The lowest BCUT2D eigenvalue weighted by molar-refractivity contribution is 0.410. The maximum absolute atomic E-state index is 5.57. The summed E-state index contributed by atoms with van der Waals surface area (Å²) in [4.78, 5) is 4.22. The van der Waals surface area contributed by atoms with Crippen molar-refractivity contribution < 1.29 is 4.74 Å². The number of rotatable bonds is 3. The molecule has 0 spiro atoms. The van der Waals surface area contributed by atoms with Crippen LogP contribution < -0.4 is 10.5 Å². The number of anilines is 1. The average molecular weight is 220 g/mol. The summed E-state index contributed by atoms with van der Waals surface area (Å²) in [5.74, 6) is 1.48. The monoisotopic (exact) mass is 220 g/mol. The second-order valence-electron chi connectivity index (χ2n) is 3.15. The van der Waals surface area contributed by atoms with Crippen LogP contribution in [-0.2, 0) is 6.42 Å². The highest BCUT2D eigenvalue weighted by atomic mass is 32.1. The summed E-state index contributed by atoms with van der Waals surface area (Å²) >= 11 is 1.57. The van der Waals surface area contributed by atoms with Gasteiger partial charge in [0.25, 0.3) is 0 Å². The Morgan fingerprint density at radius 3 is 2.87 bits per heavy atom. The second kappa shape index (κ2) is 4.31. The quantitative estimate of drug-likeness (QED) is 0.863. The van der Waals surface area contributed by atoms with E-state index in [2.05, 4.69) is 4.98 Å². The largest absolute Gasteiger partial charge is 0.496 e. The molecule has 1 heterocycles. The number of nitrogen functional groups attached to an aromatic ring is 1. The number of para-hydroxylation sites is 1. The molecule has 0 aliphatic rings. The summed E-state index contributed by atoms with van der Waals surface area (Å²) < 4.78 is 5.27. The van der Waals surface area contributed by atoms with E-state index in [1.807, 2.05) is 29.6 Å². The Balaban J connectivity index is 2.23. The molecule has 1 aromatic heterocycles. The molecule has 0 fully saturated rings. The van der Waals surface area contributed by atoms with Crippen LogP contribution in [0.15, 0.2) is 29.6 Å². The van der Waals surface area contributed by atoms with Gasteiger partial charge in [-0.3, -0.25) is 0 Å². The number of hydrogen-bond donors (Lipinski definition) is 1. The van der Waals surface area contributed by atoms with Crippen LogP contribution >= 0.6 is 11.3 Å². The Hall–Kier alpha value is -1.55. The van der Waals surface area contributed by atoms with Gasteiger partial charge in [0.1, 0.15) is 11.6 Å². The van der Waals surface area contributed by atoms with Gasteiger partial charge in [0, 0.05) is 17.4 Å². The number of nitrogens with zero attached hydrogens (tertiary/aromatic N) is 1. The van der Waals surface area contributed by atoms with Crippen molar-refractivity contribution in [3.05, 3.63) is 40.2 Å². The van der Waals surface area contributed by atoms with Crippen LogP contribution in [0.5, 0.6) is 5.75 Å². The lowest BCUT2D eigenvalue weighted by Crippen LogP contribution is -1.93. The van der Waals surface area contributed by atoms with E-state index in [-0.39, 0.29) is 0 Å².